The SMILES string of the molecule is CC=CC#N.CCC[SiH](OCC)OCC. The van der Waals surface area contributed by atoms with E-state index in [1.54, 1.807) is 6.08 Å². The first kappa shape index (κ1) is 16.8. The topological polar surface area (TPSA) is 42.2 Å². The van der Waals surface area contributed by atoms with Crippen LogP contribution in [0.4, 0.5) is 0 Å². The number of rotatable bonds is 6. The maximum Gasteiger partial charge on any atom is 0.321 e. The van der Waals surface area contributed by atoms with E-state index < -0.39 is 9.28 Å². The van der Waals surface area contributed by atoms with Gasteiger partial charge in [-0.3, -0.25) is 0 Å². The molecule has 4 heteroatoms. The second-order valence-electron chi connectivity index (χ2n) is 2.76. The second-order valence-corrected chi connectivity index (χ2v) is 4.86. The minimum Gasteiger partial charge on any atom is -0.397 e. The van der Waals surface area contributed by atoms with Gasteiger partial charge in [-0.2, -0.15) is 5.26 Å². The maximum absolute atomic E-state index is 7.73. The second kappa shape index (κ2) is 15.8. The molecule has 0 unspecified atom stereocenters. The van der Waals surface area contributed by atoms with E-state index in [-0.39, 0.29) is 0 Å². The summed E-state index contributed by atoms with van der Waals surface area (Å²) in [5.74, 6) is 0. The molecule has 0 aliphatic heterocycles. The lowest BCUT2D eigenvalue weighted by molar-refractivity contribution is 0.213. The highest BCUT2D eigenvalue weighted by Gasteiger charge is 2.08. The van der Waals surface area contributed by atoms with E-state index in [0.717, 1.165) is 19.3 Å². The van der Waals surface area contributed by atoms with Crippen LogP contribution in [0.1, 0.15) is 34.1 Å². The summed E-state index contributed by atoms with van der Waals surface area (Å²) in [5.41, 5.74) is 0. The number of nitriles is 1. The molecular weight excluding hydrogens is 206 g/mol. The molecule has 0 radical (unpaired) electrons. The molecule has 0 spiro atoms. The zero-order valence-electron chi connectivity index (χ0n) is 10.3. The summed E-state index contributed by atoms with van der Waals surface area (Å²) in [5, 5.41) is 7.73. The maximum atomic E-state index is 7.73. The quantitative estimate of drug-likeness (QED) is 0.519. The number of nitrogens with zero attached hydrogens (tertiary/aromatic N) is 1. The highest BCUT2D eigenvalue weighted by Crippen LogP contribution is 1.99. The first-order chi connectivity index (χ1) is 7.26. The van der Waals surface area contributed by atoms with Crippen LogP contribution < -0.4 is 0 Å². The van der Waals surface area contributed by atoms with Crippen LogP contribution in [0.3, 0.4) is 0 Å². The zero-order valence-corrected chi connectivity index (χ0v) is 11.5. The van der Waals surface area contributed by atoms with Crippen molar-refractivity contribution in [2.45, 2.75) is 40.2 Å². The molecule has 0 bridgehead atoms. The highest BCUT2D eigenvalue weighted by atomic mass is 28.3. The van der Waals surface area contributed by atoms with Gasteiger partial charge < -0.3 is 8.85 Å². The van der Waals surface area contributed by atoms with E-state index in [0.29, 0.717) is 0 Å². The Bertz CT molecular complexity index is 164. The standard InChI is InChI=1S/C7H18O2Si.C4H5N/c1-4-7-10(8-5-2)9-6-3;1-2-3-4-5/h10H,4-7H2,1-3H3;2-3H,1H3. The summed E-state index contributed by atoms with van der Waals surface area (Å²) in [4.78, 5) is 0. The molecule has 0 atom stereocenters. The van der Waals surface area contributed by atoms with Gasteiger partial charge in [0.2, 0.25) is 0 Å². The van der Waals surface area contributed by atoms with Gasteiger partial charge in [-0.15, -0.1) is 0 Å². The molecule has 15 heavy (non-hydrogen) atoms. The molecule has 0 fully saturated rings. The van der Waals surface area contributed by atoms with Crippen molar-refractivity contribution < 1.29 is 8.85 Å². The van der Waals surface area contributed by atoms with Crippen LogP contribution in [-0.2, 0) is 8.85 Å². The first-order valence-electron chi connectivity index (χ1n) is 5.50. The van der Waals surface area contributed by atoms with Crippen LogP contribution >= 0.6 is 0 Å². The van der Waals surface area contributed by atoms with Crippen molar-refractivity contribution in [2.75, 3.05) is 13.2 Å². The molecule has 0 amide bonds. The van der Waals surface area contributed by atoms with Gasteiger partial charge in [-0.05, 0) is 26.8 Å². The first-order valence-corrected chi connectivity index (χ1v) is 7.26. The number of hydrogen-bond acceptors (Lipinski definition) is 3. The molecule has 0 saturated carbocycles. The van der Waals surface area contributed by atoms with Crippen molar-refractivity contribution in [3.63, 3.8) is 0 Å². The van der Waals surface area contributed by atoms with Gasteiger partial charge in [0.25, 0.3) is 0 Å². The fourth-order valence-electron chi connectivity index (χ4n) is 0.897. The van der Waals surface area contributed by atoms with E-state index in [1.165, 1.54) is 12.5 Å². The Kier molecular flexibility index (Phi) is 17.7. The normalized spacial score (nSPS) is 9.87. The lowest BCUT2D eigenvalue weighted by atomic mass is 10.6. The molecule has 0 aromatic carbocycles. The van der Waals surface area contributed by atoms with Gasteiger partial charge in [0, 0.05) is 19.3 Å². The van der Waals surface area contributed by atoms with Gasteiger partial charge in [-0.1, -0.05) is 19.4 Å². The van der Waals surface area contributed by atoms with Crippen molar-refractivity contribution in [3.8, 4) is 6.07 Å². The lowest BCUT2D eigenvalue weighted by Crippen LogP contribution is -2.22. The predicted octanol–water partition coefficient (Wildman–Crippen LogP) is 2.78. The summed E-state index contributed by atoms with van der Waals surface area (Å²) >= 11 is 0. The van der Waals surface area contributed by atoms with Crippen LogP contribution in [0.25, 0.3) is 0 Å². The Morgan fingerprint density at radius 2 is 1.73 bits per heavy atom. The van der Waals surface area contributed by atoms with Gasteiger partial charge in [-0.25, -0.2) is 0 Å². The third-order valence-corrected chi connectivity index (χ3v) is 3.93. The number of allylic oxidation sites excluding steroid dienone is 2. The largest absolute Gasteiger partial charge is 0.397 e. The lowest BCUT2D eigenvalue weighted by Gasteiger charge is -2.12. The fraction of sp³-hybridized carbons (Fsp3) is 0.727. The summed E-state index contributed by atoms with van der Waals surface area (Å²) in [7, 11) is -1.23. The van der Waals surface area contributed by atoms with E-state index >= 15 is 0 Å². The highest BCUT2D eigenvalue weighted by molar-refractivity contribution is 6.44. The monoisotopic (exact) mass is 229 g/mol. The van der Waals surface area contributed by atoms with Crippen LogP contribution in [0, 0.1) is 11.3 Å². The minimum absolute atomic E-state index is 0.802. The van der Waals surface area contributed by atoms with Crippen LogP contribution in [0.15, 0.2) is 12.2 Å². The Hall–Kier alpha value is -0.633. The van der Waals surface area contributed by atoms with Gasteiger partial charge in [0.15, 0.2) is 0 Å². The summed E-state index contributed by atoms with van der Waals surface area (Å²) in [6.45, 7) is 9.62. The van der Waals surface area contributed by atoms with Crippen LogP contribution in [-0.4, -0.2) is 22.5 Å². The molecular formula is C11H23NO2Si. The van der Waals surface area contributed by atoms with Crippen molar-refractivity contribution in [1.29, 1.82) is 5.26 Å². The predicted molar refractivity (Wildman–Crippen MR) is 65.9 cm³/mol. The van der Waals surface area contributed by atoms with E-state index in [9.17, 15) is 0 Å². The van der Waals surface area contributed by atoms with E-state index in [4.69, 9.17) is 14.1 Å². The Morgan fingerprint density at radius 1 is 1.20 bits per heavy atom. The van der Waals surface area contributed by atoms with Crippen LogP contribution in [0.5, 0.6) is 0 Å². The van der Waals surface area contributed by atoms with Crippen LogP contribution in [0.2, 0.25) is 6.04 Å². The van der Waals surface area contributed by atoms with Crippen molar-refractivity contribution in [3.05, 3.63) is 12.2 Å². The smallest absolute Gasteiger partial charge is 0.321 e. The molecule has 0 N–H and O–H groups in total. The molecule has 0 aromatic rings. The summed E-state index contributed by atoms with van der Waals surface area (Å²) in [6, 6.07) is 2.98. The van der Waals surface area contributed by atoms with E-state index in [2.05, 4.69) is 6.92 Å². The van der Waals surface area contributed by atoms with Gasteiger partial charge in [0.05, 0.1) is 6.07 Å². The molecule has 0 heterocycles. The van der Waals surface area contributed by atoms with Gasteiger partial charge >= 0.3 is 9.28 Å². The Morgan fingerprint density at radius 3 is 1.93 bits per heavy atom. The Balaban J connectivity index is 0. The Labute approximate surface area is 95.5 Å². The van der Waals surface area contributed by atoms with Crippen molar-refractivity contribution in [2.24, 2.45) is 0 Å². The molecule has 0 aromatic heterocycles. The summed E-state index contributed by atoms with van der Waals surface area (Å²) < 4.78 is 10.9. The van der Waals surface area contributed by atoms with Crippen molar-refractivity contribution >= 4 is 9.28 Å². The molecule has 88 valence electrons. The third-order valence-electron chi connectivity index (χ3n) is 1.47. The molecule has 0 rings (SSSR count). The average molecular weight is 229 g/mol. The number of hydrogen-bond donors (Lipinski definition) is 0. The average Bonchev–Trinajstić information content (AvgIpc) is 2.21. The summed E-state index contributed by atoms with van der Waals surface area (Å²) in [6.07, 6.45) is 4.30. The zero-order chi connectivity index (χ0) is 11.9. The van der Waals surface area contributed by atoms with Gasteiger partial charge in [0.1, 0.15) is 0 Å². The fourth-order valence-corrected chi connectivity index (χ4v) is 2.54. The third kappa shape index (κ3) is 16.1. The molecule has 0 saturated heterocycles. The molecule has 3 nitrogen and oxygen atoms in total. The van der Waals surface area contributed by atoms with E-state index in [1.807, 2.05) is 26.8 Å². The molecule has 0 aliphatic rings. The van der Waals surface area contributed by atoms with Crippen molar-refractivity contribution in [1.82, 2.24) is 0 Å². The molecule has 0 aliphatic carbocycles. The minimum atomic E-state index is -1.23.